The van der Waals surface area contributed by atoms with Crippen LogP contribution in [0, 0.1) is 5.92 Å². The molecule has 0 bridgehead atoms. The van der Waals surface area contributed by atoms with E-state index < -0.39 is 0 Å². The second-order valence-corrected chi connectivity index (χ2v) is 7.58. The molecule has 1 aromatic carbocycles. The van der Waals surface area contributed by atoms with Gasteiger partial charge in [-0.1, -0.05) is 18.2 Å². The van der Waals surface area contributed by atoms with Crippen molar-refractivity contribution in [3.05, 3.63) is 34.9 Å². The Bertz CT molecular complexity index is 685. The molecule has 0 aromatic heterocycles. The van der Waals surface area contributed by atoms with Crippen molar-refractivity contribution in [3.8, 4) is 0 Å². The summed E-state index contributed by atoms with van der Waals surface area (Å²) in [7, 11) is 0. The zero-order chi connectivity index (χ0) is 17.9. The molecule has 2 fully saturated rings. The fraction of sp³-hybridized carbons (Fsp3) is 0.600. The zero-order valence-corrected chi connectivity index (χ0v) is 15.2. The smallest absolute Gasteiger partial charge is 0.320 e. The van der Waals surface area contributed by atoms with Crippen molar-refractivity contribution in [3.63, 3.8) is 0 Å². The lowest BCUT2D eigenvalue weighted by atomic mass is 9.97. The number of ether oxygens (including phenoxy) is 1. The van der Waals surface area contributed by atoms with Crippen LogP contribution in [0.25, 0.3) is 0 Å². The highest BCUT2D eigenvalue weighted by molar-refractivity contribution is 5.81. The van der Waals surface area contributed by atoms with Gasteiger partial charge in [-0.25, -0.2) is 4.79 Å². The van der Waals surface area contributed by atoms with Gasteiger partial charge in [-0.15, -0.1) is 0 Å². The van der Waals surface area contributed by atoms with Crippen LogP contribution in [0.15, 0.2) is 18.2 Å². The average Bonchev–Trinajstić information content (AvgIpc) is 3.36. The molecule has 3 amide bonds. The first-order valence-electron chi connectivity index (χ1n) is 9.71. The summed E-state index contributed by atoms with van der Waals surface area (Å²) in [5, 5.41) is 3.06. The Morgan fingerprint density at radius 3 is 2.65 bits per heavy atom. The summed E-state index contributed by atoms with van der Waals surface area (Å²) < 4.78 is 5.44. The van der Waals surface area contributed by atoms with Gasteiger partial charge in [0.1, 0.15) is 0 Å². The molecule has 26 heavy (non-hydrogen) atoms. The predicted molar refractivity (Wildman–Crippen MR) is 97.3 cm³/mol. The molecule has 6 nitrogen and oxygen atoms in total. The van der Waals surface area contributed by atoms with Crippen LogP contribution < -0.4 is 5.32 Å². The molecule has 0 radical (unpaired) electrons. The van der Waals surface area contributed by atoms with Crippen molar-refractivity contribution in [2.75, 3.05) is 26.2 Å². The van der Waals surface area contributed by atoms with Gasteiger partial charge in [0.25, 0.3) is 0 Å². The molecule has 3 aliphatic heterocycles. The molecule has 0 saturated carbocycles. The Morgan fingerprint density at radius 2 is 1.81 bits per heavy atom. The van der Waals surface area contributed by atoms with Gasteiger partial charge in [-0.3, -0.25) is 4.79 Å². The minimum atomic E-state index is -0.104. The van der Waals surface area contributed by atoms with E-state index in [1.165, 1.54) is 11.1 Å². The molecule has 4 rings (SSSR count). The fourth-order valence-electron chi connectivity index (χ4n) is 4.14. The van der Waals surface area contributed by atoms with Gasteiger partial charge in [0.15, 0.2) is 0 Å². The van der Waals surface area contributed by atoms with Crippen LogP contribution in [0.5, 0.6) is 0 Å². The molecular weight excluding hydrogens is 330 g/mol. The number of nitrogens with one attached hydrogen (secondary N) is 1. The quantitative estimate of drug-likeness (QED) is 0.903. The van der Waals surface area contributed by atoms with Crippen molar-refractivity contribution in [2.45, 2.75) is 45.4 Å². The van der Waals surface area contributed by atoms with Gasteiger partial charge in [0.05, 0.1) is 19.1 Å². The number of urea groups is 1. The number of piperidine rings is 1. The molecule has 0 spiro atoms. The highest BCUT2D eigenvalue weighted by Gasteiger charge is 2.31. The Balaban J connectivity index is 1.30. The molecule has 1 unspecified atom stereocenters. The topological polar surface area (TPSA) is 61.9 Å². The molecule has 2 saturated heterocycles. The summed E-state index contributed by atoms with van der Waals surface area (Å²) >= 11 is 0. The molecule has 140 valence electrons. The normalized spacial score (nSPS) is 22.4. The van der Waals surface area contributed by atoms with Gasteiger partial charge in [-0.2, -0.15) is 0 Å². The second kappa shape index (κ2) is 7.66. The Kier molecular flexibility index (Phi) is 5.11. The summed E-state index contributed by atoms with van der Waals surface area (Å²) in [4.78, 5) is 29.0. The number of hydrogen-bond acceptors (Lipinski definition) is 3. The first-order valence-corrected chi connectivity index (χ1v) is 9.71. The van der Waals surface area contributed by atoms with Crippen molar-refractivity contribution in [2.24, 2.45) is 5.92 Å². The molecule has 3 heterocycles. The molecular formula is C20H27N3O3. The highest BCUT2D eigenvalue weighted by Crippen LogP contribution is 2.22. The van der Waals surface area contributed by atoms with Gasteiger partial charge < -0.3 is 19.9 Å². The number of nitrogens with zero attached hydrogens (tertiary/aromatic N) is 2. The molecule has 1 N–H and O–H groups in total. The fourth-order valence-corrected chi connectivity index (χ4v) is 4.14. The van der Waals surface area contributed by atoms with Gasteiger partial charge >= 0.3 is 6.03 Å². The van der Waals surface area contributed by atoms with E-state index in [1.54, 1.807) is 0 Å². The van der Waals surface area contributed by atoms with Crippen LogP contribution in [-0.2, 0) is 29.3 Å². The van der Waals surface area contributed by atoms with Gasteiger partial charge in [-0.05, 0) is 42.4 Å². The lowest BCUT2D eigenvalue weighted by Gasteiger charge is -2.34. The minimum absolute atomic E-state index is 0.0562. The summed E-state index contributed by atoms with van der Waals surface area (Å²) in [5.74, 6) is -0.0475. The standard InChI is InChI=1S/C20H27N3O3/c24-19(21-11-15-5-6-17-13-26-14-18(17)10-15)16-4-3-9-23(12-16)20(25)22-7-1-2-8-22/h5-6,10,16H,1-4,7-9,11-14H2,(H,21,24). The first-order chi connectivity index (χ1) is 12.7. The van der Waals surface area contributed by atoms with Crippen molar-refractivity contribution >= 4 is 11.9 Å². The third-order valence-electron chi connectivity index (χ3n) is 5.69. The van der Waals surface area contributed by atoms with Crippen LogP contribution in [-0.4, -0.2) is 47.9 Å². The zero-order valence-electron chi connectivity index (χ0n) is 15.2. The number of likely N-dealkylation sites (tertiary alicyclic amines) is 2. The Labute approximate surface area is 154 Å². The highest BCUT2D eigenvalue weighted by atomic mass is 16.5. The van der Waals surface area contributed by atoms with Crippen LogP contribution in [0.1, 0.15) is 42.4 Å². The number of carbonyl (C=O) groups excluding carboxylic acids is 2. The van der Waals surface area contributed by atoms with E-state index in [9.17, 15) is 9.59 Å². The molecule has 1 atom stereocenters. The third-order valence-corrected chi connectivity index (χ3v) is 5.69. The van der Waals surface area contributed by atoms with E-state index >= 15 is 0 Å². The summed E-state index contributed by atoms with van der Waals surface area (Å²) in [6.45, 7) is 4.90. The first kappa shape index (κ1) is 17.3. The van der Waals surface area contributed by atoms with E-state index in [-0.39, 0.29) is 17.9 Å². The van der Waals surface area contributed by atoms with Crippen LogP contribution in [0.3, 0.4) is 0 Å². The van der Waals surface area contributed by atoms with Crippen LogP contribution in [0.4, 0.5) is 4.79 Å². The molecule has 6 heteroatoms. The molecule has 1 aromatic rings. The van der Waals surface area contributed by atoms with Crippen molar-refractivity contribution in [1.29, 1.82) is 0 Å². The Hall–Kier alpha value is -2.08. The maximum Gasteiger partial charge on any atom is 0.320 e. The SMILES string of the molecule is O=C(NCc1ccc2c(c1)COC2)C1CCCN(C(=O)N2CCCC2)C1. The van der Waals surface area contributed by atoms with Crippen LogP contribution >= 0.6 is 0 Å². The largest absolute Gasteiger partial charge is 0.372 e. The number of rotatable bonds is 3. The average molecular weight is 357 g/mol. The lowest BCUT2D eigenvalue weighted by molar-refractivity contribution is -0.126. The summed E-state index contributed by atoms with van der Waals surface area (Å²) in [6.07, 6.45) is 3.94. The van der Waals surface area contributed by atoms with Crippen molar-refractivity contribution < 1.29 is 14.3 Å². The van der Waals surface area contributed by atoms with Crippen LogP contribution in [0.2, 0.25) is 0 Å². The van der Waals surface area contributed by atoms with E-state index in [4.69, 9.17) is 4.74 Å². The van der Waals surface area contributed by atoms with E-state index in [2.05, 4.69) is 23.5 Å². The summed E-state index contributed by atoms with van der Waals surface area (Å²) in [5.41, 5.74) is 3.56. The Morgan fingerprint density at radius 1 is 1.04 bits per heavy atom. The van der Waals surface area contributed by atoms with Gasteiger partial charge in [0, 0.05) is 32.7 Å². The van der Waals surface area contributed by atoms with Crippen molar-refractivity contribution in [1.82, 2.24) is 15.1 Å². The van der Waals surface area contributed by atoms with E-state index in [0.717, 1.165) is 50.9 Å². The monoisotopic (exact) mass is 357 g/mol. The predicted octanol–water partition coefficient (Wildman–Crippen LogP) is 2.26. The summed E-state index contributed by atoms with van der Waals surface area (Å²) in [6, 6.07) is 6.37. The number of hydrogen-bond donors (Lipinski definition) is 1. The lowest BCUT2D eigenvalue weighted by Crippen LogP contribution is -2.49. The second-order valence-electron chi connectivity index (χ2n) is 7.58. The third kappa shape index (κ3) is 3.70. The van der Waals surface area contributed by atoms with Gasteiger partial charge in [0.2, 0.25) is 5.91 Å². The number of amides is 3. The minimum Gasteiger partial charge on any atom is -0.372 e. The number of fused-ring (bicyclic) bond motifs is 1. The number of benzene rings is 1. The molecule has 3 aliphatic rings. The molecule has 0 aliphatic carbocycles. The van der Waals surface area contributed by atoms with E-state index in [0.29, 0.717) is 26.3 Å². The maximum atomic E-state index is 12.6. The maximum absolute atomic E-state index is 12.6. The van der Waals surface area contributed by atoms with E-state index in [1.807, 2.05) is 9.80 Å². The number of carbonyl (C=O) groups is 2.